The summed E-state index contributed by atoms with van der Waals surface area (Å²) in [6, 6.07) is -2.16. The van der Waals surface area contributed by atoms with Gasteiger partial charge >= 0.3 is 19.6 Å². The number of nitrogens with two attached hydrogens (primary N) is 1. The van der Waals surface area contributed by atoms with Crippen molar-refractivity contribution < 1.29 is 47.8 Å². The average molecular weight is 768 g/mol. The minimum absolute atomic E-state index is 0.108. The van der Waals surface area contributed by atoms with Crippen molar-refractivity contribution in [2.45, 2.75) is 108 Å². The molecule has 2 saturated carbocycles. The van der Waals surface area contributed by atoms with Crippen LogP contribution in [0.25, 0.3) is 11.2 Å². The SMILES string of the molecule is COc1nc(N)nc2c1nc(I)n2[C@@H]1O[C@H](COP(=O)(N[C@@H](C)C(=O)OC2CCC2)N[C@@H](C)C(=O)OC2CCC2)[C@@H](O)[C@@]1(C)O. The fourth-order valence-electron chi connectivity index (χ4n) is 5.06. The standard InChI is InChI=1S/C26H39IN7O10P/c1-12(21(36)42-14-7-5-8-14)32-45(39,33-13(2)22(37)43-15-9-6-10-15)41-11-16-18(35)26(3,38)23(44-16)34-19-17(29-24(34)27)20(40-4)31-25(28)30-19/h12-16,18,23,35,38H,5-11H2,1-4H3,(H2,28,30,31)(H2,32,33,39)/t12-,13-,16+,18+,23+,26+/m0/s1. The molecule has 0 amide bonds. The first-order valence-corrected chi connectivity index (χ1v) is 17.4. The Hall–Kier alpha value is -2.19. The normalized spacial score (nSPS) is 27.0. The number of carbonyl (C=O) groups is 2. The number of nitrogen functional groups attached to an aromatic ring is 1. The number of aliphatic hydroxyl groups excluding tert-OH is 1. The zero-order chi connectivity index (χ0) is 32.7. The molecule has 0 unspecified atom stereocenters. The number of hydrogen-bond acceptors (Lipinski definition) is 14. The molecule has 2 aliphatic carbocycles. The van der Waals surface area contributed by atoms with Crippen LogP contribution in [0.5, 0.6) is 5.88 Å². The molecule has 0 bridgehead atoms. The van der Waals surface area contributed by atoms with Gasteiger partial charge < -0.3 is 39.4 Å². The van der Waals surface area contributed by atoms with Crippen LogP contribution in [-0.2, 0) is 32.9 Å². The molecule has 1 saturated heterocycles. The van der Waals surface area contributed by atoms with E-state index < -0.39 is 62.3 Å². The molecule has 5 rings (SSSR count). The molecule has 17 nitrogen and oxygen atoms in total. The molecule has 6 atom stereocenters. The van der Waals surface area contributed by atoms with Crippen molar-refractivity contribution in [1.29, 1.82) is 0 Å². The first-order valence-electron chi connectivity index (χ1n) is 14.7. The fraction of sp³-hybridized carbons (Fsp3) is 0.731. The summed E-state index contributed by atoms with van der Waals surface area (Å²) in [5.41, 5.74) is 4.39. The monoisotopic (exact) mass is 767 g/mol. The second-order valence-electron chi connectivity index (χ2n) is 11.7. The molecule has 2 aromatic heterocycles. The second kappa shape index (κ2) is 13.5. The van der Waals surface area contributed by atoms with Gasteiger partial charge in [-0.1, -0.05) is 0 Å². The largest absolute Gasteiger partial charge is 0.479 e. The van der Waals surface area contributed by atoms with E-state index >= 15 is 0 Å². The number of carbonyl (C=O) groups excluding carboxylic acids is 2. The van der Waals surface area contributed by atoms with E-state index in [-0.39, 0.29) is 35.2 Å². The van der Waals surface area contributed by atoms with Crippen molar-refractivity contribution in [3.8, 4) is 5.88 Å². The molecule has 0 aromatic carbocycles. The number of rotatable bonds is 13. The lowest BCUT2D eigenvalue weighted by Gasteiger charge is -2.31. The van der Waals surface area contributed by atoms with Crippen LogP contribution in [-0.4, -0.2) is 97.5 Å². The van der Waals surface area contributed by atoms with Crippen molar-refractivity contribution in [1.82, 2.24) is 29.7 Å². The zero-order valence-corrected chi connectivity index (χ0v) is 28.4. The number of halogens is 1. The average Bonchev–Trinajstić information content (AvgIpc) is 3.37. The third kappa shape index (κ3) is 7.22. The summed E-state index contributed by atoms with van der Waals surface area (Å²) in [5.74, 6) is -1.26. The smallest absolute Gasteiger partial charge is 0.342 e. The first-order chi connectivity index (χ1) is 21.2. The molecule has 3 fully saturated rings. The highest BCUT2D eigenvalue weighted by molar-refractivity contribution is 14.1. The van der Waals surface area contributed by atoms with E-state index in [1.165, 1.54) is 32.4 Å². The molecule has 45 heavy (non-hydrogen) atoms. The third-order valence-corrected chi connectivity index (χ3v) is 10.9. The molecule has 2 aromatic rings. The van der Waals surface area contributed by atoms with Gasteiger partial charge in [-0.2, -0.15) is 9.97 Å². The van der Waals surface area contributed by atoms with Crippen LogP contribution in [0.2, 0.25) is 0 Å². The van der Waals surface area contributed by atoms with E-state index in [1.807, 2.05) is 22.6 Å². The van der Waals surface area contributed by atoms with Gasteiger partial charge in [-0.25, -0.2) is 15.2 Å². The summed E-state index contributed by atoms with van der Waals surface area (Å²) in [5, 5.41) is 27.9. The Morgan fingerprint density at radius 3 is 2.16 bits per heavy atom. The van der Waals surface area contributed by atoms with Crippen molar-refractivity contribution in [3.63, 3.8) is 0 Å². The van der Waals surface area contributed by atoms with Crippen LogP contribution >= 0.6 is 30.3 Å². The Balaban J connectivity index is 1.34. The predicted octanol–water partition coefficient (Wildman–Crippen LogP) is 1.30. The van der Waals surface area contributed by atoms with E-state index in [9.17, 15) is 24.4 Å². The summed E-state index contributed by atoms with van der Waals surface area (Å²) in [6.45, 7) is 3.76. The quantitative estimate of drug-likeness (QED) is 0.0837. The number of esters is 2. The molecule has 0 radical (unpaired) electrons. The number of ether oxygens (including phenoxy) is 4. The van der Waals surface area contributed by atoms with E-state index in [0.717, 1.165) is 38.5 Å². The van der Waals surface area contributed by atoms with E-state index in [4.69, 9.17) is 29.2 Å². The Morgan fingerprint density at radius 1 is 1.11 bits per heavy atom. The number of nitrogens with zero attached hydrogens (tertiary/aromatic N) is 4. The molecule has 1 aliphatic heterocycles. The van der Waals surface area contributed by atoms with Crippen molar-refractivity contribution in [2.75, 3.05) is 19.5 Å². The summed E-state index contributed by atoms with van der Waals surface area (Å²) in [4.78, 5) is 38.1. The van der Waals surface area contributed by atoms with Crippen molar-refractivity contribution in [3.05, 3.63) is 3.83 Å². The summed E-state index contributed by atoms with van der Waals surface area (Å²) >= 11 is 1.91. The lowest BCUT2D eigenvalue weighted by atomic mass is 9.96. The van der Waals surface area contributed by atoms with Crippen molar-refractivity contribution in [2.24, 2.45) is 0 Å². The van der Waals surface area contributed by atoms with E-state index in [1.54, 1.807) is 0 Å². The first kappa shape index (κ1) is 34.2. The Bertz CT molecular complexity index is 1430. The zero-order valence-electron chi connectivity index (χ0n) is 25.3. The number of aliphatic hydroxyl groups is 2. The van der Waals surface area contributed by atoms with Gasteiger partial charge in [0.15, 0.2) is 21.2 Å². The number of hydrogen-bond donors (Lipinski definition) is 5. The highest BCUT2D eigenvalue weighted by Crippen LogP contribution is 2.45. The molecule has 0 spiro atoms. The van der Waals surface area contributed by atoms with Crippen LogP contribution in [0.1, 0.15) is 65.5 Å². The maximum Gasteiger partial charge on any atom is 0.342 e. The highest BCUT2D eigenvalue weighted by Gasteiger charge is 2.55. The summed E-state index contributed by atoms with van der Waals surface area (Å²) in [6.07, 6.45) is 0.507. The number of methoxy groups -OCH3 is 1. The lowest BCUT2D eigenvalue weighted by Crippen LogP contribution is -2.46. The van der Waals surface area contributed by atoms with Crippen LogP contribution in [0, 0.1) is 3.83 Å². The number of aromatic nitrogens is 4. The molecule has 3 heterocycles. The molecular weight excluding hydrogens is 728 g/mol. The Kier molecular flexibility index (Phi) is 10.2. The van der Waals surface area contributed by atoms with Gasteiger partial charge in [-0.15, -0.1) is 0 Å². The second-order valence-corrected chi connectivity index (χ2v) is 14.6. The maximum absolute atomic E-state index is 14.1. The van der Waals surface area contributed by atoms with Crippen LogP contribution < -0.4 is 20.6 Å². The van der Waals surface area contributed by atoms with Gasteiger partial charge in [0.05, 0.1) is 13.7 Å². The van der Waals surface area contributed by atoms with Gasteiger partial charge in [0.25, 0.3) is 0 Å². The molecule has 3 aliphatic rings. The minimum atomic E-state index is -4.22. The van der Waals surface area contributed by atoms with Gasteiger partial charge in [-0.05, 0) is 59.3 Å². The topological polar surface area (TPSA) is 231 Å². The Labute approximate surface area is 273 Å². The van der Waals surface area contributed by atoms with Gasteiger partial charge in [-0.3, -0.25) is 18.7 Å². The molecule has 6 N–H and O–H groups in total. The fourth-order valence-corrected chi connectivity index (χ4v) is 7.59. The van der Waals surface area contributed by atoms with Crippen molar-refractivity contribution >= 4 is 59.3 Å². The van der Waals surface area contributed by atoms with E-state index in [0.29, 0.717) is 3.83 Å². The van der Waals surface area contributed by atoms with E-state index in [2.05, 4.69) is 25.1 Å². The summed E-state index contributed by atoms with van der Waals surface area (Å²) in [7, 11) is -2.82. The molecular formula is C26H39IN7O10P. The van der Waals surface area contributed by atoms with Crippen LogP contribution in [0.3, 0.4) is 0 Å². The van der Waals surface area contributed by atoms with Gasteiger partial charge in [0, 0.05) is 22.6 Å². The Morgan fingerprint density at radius 2 is 1.67 bits per heavy atom. The molecule has 19 heteroatoms. The highest BCUT2D eigenvalue weighted by atomic mass is 127. The third-order valence-electron chi connectivity index (χ3n) is 8.19. The summed E-state index contributed by atoms with van der Waals surface area (Å²) < 4.78 is 43.9. The van der Waals surface area contributed by atoms with Crippen LogP contribution in [0.4, 0.5) is 5.95 Å². The maximum atomic E-state index is 14.1. The number of anilines is 1. The predicted molar refractivity (Wildman–Crippen MR) is 166 cm³/mol. The number of fused-ring (bicyclic) bond motifs is 1. The molecule has 250 valence electrons. The number of imidazole rings is 1. The van der Waals surface area contributed by atoms with Gasteiger partial charge in [0.1, 0.15) is 42.1 Å². The number of nitrogens with one attached hydrogen (secondary N) is 2. The minimum Gasteiger partial charge on any atom is -0.479 e. The van der Waals surface area contributed by atoms with Gasteiger partial charge in [0.2, 0.25) is 11.8 Å². The lowest BCUT2D eigenvalue weighted by molar-refractivity contribution is -0.155. The van der Waals surface area contributed by atoms with Crippen LogP contribution in [0.15, 0.2) is 0 Å².